The second-order valence-corrected chi connectivity index (χ2v) is 6.31. The molecule has 0 spiro atoms. The van der Waals surface area contributed by atoms with Crippen molar-refractivity contribution in [1.29, 1.82) is 0 Å². The van der Waals surface area contributed by atoms with Gasteiger partial charge in [-0.1, -0.05) is 38.0 Å². The Morgan fingerprint density at radius 3 is 2.80 bits per heavy atom. The molecule has 0 aromatic heterocycles. The number of benzene rings is 1. The van der Waals surface area contributed by atoms with Gasteiger partial charge in [0.25, 0.3) is 0 Å². The molecular weight excluding hydrogens is 248 g/mol. The van der Waals surface area contributed by atoms with Crippen LogP contribution in [0, 0.1) is 5.41 Å². The van der Waals surface area contributed by atoms with Gasteiger partial charge in [-0.2, -0.15) is 0 Å². The van der Waals surface area contributed by atoms with E-state index in [0.29, 0.717) is 5.41 Å². The van der Waals surface area contributed by atoms with Crippen LogP contribution in [0.5, 0.6) is 5.75 Å². The van der Waals surface area contributed by atoms with Crippen LogP contribution in [0.3, 0.4) is 0 Å². The fourth-order valence-corrected chi connectivity index (χ4v) is 4.16. The normalized spacial score (nSPS) is 22.1. The predicted molar refractivity (Wildman–Crippen MR) is 81.5 cm³/mol. The molecule has 0 saturated heterocycles. The number of hydrogen-bond acceptors (Lipinski definition) is 3. The van der Waals surface area contributed by atoms with E-state index in [0.717, 1.165) is 25.2 Å². The fraction of sp³-hybridized carbons (Fsp3) is 0.647. The average molecular weight is 274 g/mol. The van der Waals surface area contributed by atoms with Gasteiger partial charge in [0.2, 0.25) is 0 Å². The molecule has 1 atom stereocenters. The highest BCUT2D eigenvalue weighted by Crippen LogP contribution is 2.51. The minimum Gasteiger partial charge on any atom is -0.493 e. The van der Waals surface area contributed by atoms with E-state index in [1.54, 1.807) is 0 Å². The highest BCUT2D eigenvalue weighted by Gasteiger charge is 2.41. The molecule has 3 heteroatoms. The van der Waals surface area contributed by atoms with Gasteiger partial charge in [-0.15, -0.1) is 0 Å². The minimum atomic E-state index is 0.211. The molecular formula is C17H26N2O. The Labute approximate surface area is 121 Å². The Balaban J connectivity index is 2.01. The molecule has 1 aliphatic carbocycles. The fourth-order valence-electron chi connectivity index (χ4n) is 4.16. The number of hydrazine groups is 1. The van der Waals surface area contributed by atoms with Gasteiger partial charge in [0, 0.05) is 5.56 Å². The van der Waals surface area contributed by atoms with Crippen LogP contribution in [0.25, 0.3) is 0 Å². The molecule has 1 saturated carbocycles. The molecule has 1 aliphatic heterocycles. The van der Waals surface area contributed by atoms with Gasteiger partial charge in [-0.05, 0) is 43.1 Å². The van der Waals surface area contributed by atoms with Crippen molar-refractivity contribution < 1.29 is 4.74 Å². The first kappa shape index (κ1) is 13.9. The van der Waals surface area contributed by atoms with E-state index < -0.39 is 0 Å². The monoisotopic (exact) mass is 274 g/mol. The van der Waals surface area contributed by atoms with Crippen LogP contribution < -0.4 is 16.0 Å². The van der Waals surface area contributed by atoms with E-state index in [4.69, 9.17) is 10.6 Å². The summed E-state index contributed by atoms with van der Waals surface area (Å²) < 4.78 is 5.99. The molecule has 110 valence electrons. The molecule has 1 aromatic carbocycles. The van der Waals surface area contributed by atoms with Crippen LogP contribution in [0.1, 0.15) is 62.6 Å². The van der Waals surface area contributed by atoms with Crippen LogP contribution in [0.4, 0.5) is 0 Å². The zero-order chi connectivity index (χ0) is 14.0. The summed E-state index contributed by atoms with van der Waals surface area (Å²) in [4.78, 5) is 0. The van der Waals surface area contributed by atoms with Gasteiger partial charge < -0.3 is 4.74 Å². The molecule has 2 aliphatic rings. The third kappa shape index (κ3) is 2.23. The summed E-state index contributed by atoms with van der Waals surface area (Å²) in [6.45, 7) is 3.13. The Bertz CT molecular complexity index is 466. The van der Waals surface area contributed by atoms with Crippen LogP contribution >= 0.6 is 0 Å². The van der Waals surface area contributed by atoms with E-state index in [2.05, 4.69) is 30.5 Å². The largest absolute Gasteiger partial charge is 0.493 e. The van der Waals surface area contributed by atoms with Gasteiger partial charge in [-0.25, -0.2) is 0 Å². The number of rotatable bonds is 4. The van der Waals surface area contributed by atoms with Gasteiger partial charge in [0.15, 0.2) is 0 Å². The molecule has 1 fully saturated rings. The van der Waals surface area contributed by atoms with E-state index >= 15 is 0 Å². The molecule has 0 bridgehead atoms. The Kier molecular flexibility index (Phi) is 3.99. The highest BCUT2D eigenvalue weighted by molar-refractivity contribution is 5.45. The summed E-state index contributed by atoms with van der Waals surface area (Å²) in [5.74, 6) is 7.07. The first-order chi connectivity index (χ1) is 9.80. The van der Waals surface area contributed by atoms with E-state index in [9.17, 15) is 0 Å². The van der Waals surface area contributed by atoms with Crippen molar-refractivity contribution in [2.45, 2.75) is 57.9 Å². The van der Waals surface area contributed by atoms with Gasteiger partial charge >= 0.3 is 0 Å². The number of fused-ring (bicyclic) bond motifs is 1. The Hall–Kier alpha value is -1.06. The zero-order valence-electron chi connectivity index (χ0n) is 12.5. The van der Waals surface area contributed by atoms with Crippen molar-refractivity contribution in [3.05, 3.63) is 29.3 Å². The Morgan fingerprint density at radius 1 is 1.30 bits per heavy atom. The van der Waals surface area contributed by atoms with Crippen molar-refractivity contribution in [2.24, 2.45) is 11.3 Å². The number of ether oxygens (including phenoxy) is 1. The van der Waals surface area contributed by atoms with Crippen LogP contribution in [0.15, 0.2) is 18.2 Å². The lowest BCUT2D eigenvalue weighted by Gasteiger charge is -2.38. The molecule has 0 amide bonds. The number of aryl methyl sites for hydroxylation is 1. The lowest BCUT2D eigenvalue weighted by Crippen LogP contribution is -2.40. The van der Waals surface area contributed by atoms with Crippen molar-refractivity contribution in [1.82, 2.24) is 5.43 Å². The molecule has 0 radical (unpaired) electrons. The molecule has 3 rings (SSSR count). The summed E-state index contributed by atoms with van der Waals surface area (Å²) in [5, 5.41) is 0. The van der Waals surface area contributed by atoms with Gasteiger partial charge in [0.1, 0.15) is 5.75 Å². The minimum absolute atomic E-state index is 0.211. The van der Waals surface area contributed by atoms with Crippen LogP contribution in [-0.4, -0.2) is 6.61 Å². The van der Waals surface area contributed by atoms with Crippen LogP contribution in [-0.2, 0) is 6.42 Å². The van der Waals surface area contributed by atoms with Crippen molar-refractivity contribution in [2.75, 3.05) is 6.61 Å². The standard InChI is InChI=1S/C17H26N2O/c1-2-17(10-3-4-11-17)16(19-18)14-9-5-7-13-8-6-12-20-15(13)14/h5,7,9,16,19H,2-4,6,8,10-12,18H2,1H3. The smallest absolute Gasteiger partial charge is 0.127 e. The molecule has 3 nitrogen and oxygen atoms in total. The van der Waals surface area contributed by atoms with Crippen molar-refractivity contribution in [3.8, 4) is 5.75 Å². The molecule has 1 heterocycles. The maximum Gasteiger partial charge on any atom is 0.127 e. The number of nitrogens with two attached hydrogens (primary N) is 1. The quantitative estimate of drug-likeness (QED) is 0.652. The molecule has 20 heavy (non-hydrogen) atoms. The highest BCUT2D eigenvalue weighted by atomic mass is 16.5. The lowest BCUT2D eigenvalue weighted by atomic mass is 9.73. The predicted octanol–water partition coefficient (Wildman–Crippen LogP) is 3.49. The summed E-state index contributed by atoms with van der Waals surface area (Å²) in [6.07, 6.45) is 8.59. The second-order valence-electron chi connectivity index (χ2n) is 6.31. The first-order valence-corrected chi connectivity index (χ1v) is 8.01. The van der Waals surface area contributed by atoms with Gasteiger partial charge in [0.05, 0.1) is 12.6 Å². The van der Waals surface area contributed by atoms with E-state index in [1.165, 1.54) is 43.2 Å². The summed E-state index contributed by atoms with van der Waals surface area (Å²) >= 11 is 0. The van der Waals surface area contributed by atoms with E-state index in [-0.39, 0.29) is 6.04 Å². The number of para-hydroxylation sites is 1. The van der Waals surface area contributed by atoms with E-state index in [1.807, 2.05) is 0 Å². The zero-order valence-corrected chi connectivity index (χ0v) is 12.5. The number of hydrogen-bond donors (Lipinski definition) is 2. The third-order valence-electron chi connectivity index (χ3n) is 5.36. The topological polar surface area (TPSA) is 47.3 Å². The van der Waals surface area contributed by atoms with Crippen LogP contribution in [0.2, 0.25) is 0 Å². The molecule has 3 N–H and O–H groups in total. The summed E-state index contributed by atoms with van der Waals surface area (Å²) in [7, 11) is 0. The Morgan fingerprint density at radius 2 is 2.10 bits per heavy atom. The SMILES string of the molecule is CCC1(C(NN)c2cccc3c2OCCC3)CCCC1. The van der Waals surface area contributed by atoms with Crippen molar-refractivity contribution in [3.63, 3.8) is 0 Å². The molecule has 1 aromatic rings. The average Bonchev–Trinajstić information content (AvgIpc) is 2.98. The third-order valence-corrected chi connectivity index (χ3v) is 5.36. The number of nitrogens with one attached hydrogen (secondary N) is 1. The first-order valence-electron chi connectivity index (χ1n) is 8.01. The summed E-state index contributed by atoms with van der Waals surface area (Å²) in [6, 6.07) is 6.76. The second kappa shape index (κ2) is 5.74. The maximum atomic E-state index is 5.99. The maximum absolute atomic E-state index is 5.99. The van der Waals surface area contributed by atoms with Gasteiger partial charge in [-0.3, -0.25) is 11.3 Å². The van der Waals surface area contributed by atoms with Crippen molar-refractivity contribution >= 4 is 0 Å². The molecule has 1 unspecified atom stereocenters. The summed E-state index contributed by atoms with van der Waals surface area (Å²) in [5.41, 5.74) is 6.04. The lowest BCUT2D eigenvalue weighted by molar-refractivity contribution is 0.180.